The quantitative estimate of drug-likeness (QED) is 0.690. The van der Waals surface area contributed by atoms with Crippen LogP contribution in [0.5, 0.6) is 5.75 Å². The van der Waals surface area contributed by atoms with Gasteiger partial charge in [0.25, 0.3) is 11.6 Å². The van der Waals surface area contributed by atoms with E-state index in [1.54, 1.807) is 6.92 Å². The Labute approximate surface area is 125 Å². The molecule has 0 fully saturated rings. The molecular formula is C15H12FN2O4-. The third-order valence-corrected chi connectivity index (χ3v) is 3.13. The highest BCUT2D eigenvalue weighted by molar-refractivity contribution is 5.94. The minimum Gasteiger partial charge on any atom is -0.872 e. The number of halogens is 1. The van der Waals surface area contributed by atoms with Crippen molar-refractivity contribution < 1.29 is 19.2 Å². The molecular weight excluding hydrogens is 291 g/mol. The summed E-state index contributed by atoms with van der Waals surface area (Å²) in [4.78, 5) is 21.9. The smallest absolute Gasteiger partial charge is 0.269 e. The van der Waals surface area contributed by atoms with Crippen molar-refractivity contribution in [2.45, 2.75) is 13.5 Å². The van der Waals surface area contributed by atoms with Gasteiger partial charge in [0.05, 0.1) is 4.92 Å². The van der Waals surface area contributed by atoms with Gasteiger partial charge in [-0.3, -0.25) is 14.9 Å². The molecule has 0 heterocycles. The number of non-ortho nitro benzene ring substituents is 1. The molecule has 0 saturated carbocycles. The molecule has 114 valence electrons. The molecule has 1 amide bonds. The summed E-state index contributed by atoms with van der Waals surface area (Å²) in [5, 5.41) is 24.7. The Balaban J connectivity index is 2.12. The van der Waals surface area contributed by atoms with Crippen molar-refractivity contribution >= 4 is 11.6 Å². The van der Waals surface area contributed by atoms with E-state index < -0.39 is 22.4 Å². The maximum Gasteiger partial charge on any atom is 0.269 e. The average Bonchev–Trinajstić information content (AvgIpc) is 2.48. The van der Waals surface area contributed by atoms with E-state index in [4.69, 9.17) is 0 Å². The molecule has 7 heteroatoms. The van der Waals surface area contributed by atoms with Crippen molar-refractivity contribution in [2.75, 3.05) is 0 Å². The third kappa shape index (κ3) is 3.38. The maximum absolute atomic E-state index is 13.4. The monoisotopic (exact) mass is 303 g/mol. The Morgan fingerprint density at radius 2 is 2.00 bits per heavy atom. The summed E-state index contributed by atoms with van der Waals surface area (Å²) < 4.78 is 13.4. The molecule has 2 aromatic carbocycles. The predicted octanol–water partition coefficient (Wildman–Crippen LogP) is 2.05. The van der Waals surface area contributed by atoms with E-state index >= 15 is 0 Å². The number of benzene rings is 2. The Morgan fingerprint density at radius 3 is 2.64 bits per heavy atom. The molecule has 0 aliphatic carbocycles. The highest BCUT2D eigenvalue weighted by Crippen LogP contribution is 2.20. The van der Waals surface area contributed by atoms with Crippen LogP contribution >= 0.6 is 0 Å². The van der Waals surface area contributed by atoms with E-state index in [2.05, 4.69) is 5.32 Å². The van der Waals surface area contributed by atoms with Crippen LogP contribution in [0.1, 0.15) is 21.5 Å². The van der Waals surface area contributed by atoms with Gasteiger partial charge in [0.1, 0.15) is 5.82 Å². The van der Waals surface area contributed by atoms with Gasteiger partial charge < -0.3 is 10.4 Å². The van der Waals surface area contributed by atoms with Crippen LogP contribution in [0.25, 0.3) is 0 Å². The van der Waals surface area contributed by atoms with Crippen molar-refractivity contribution in [3.63, 3.8) is 0 Å². The molecule has 0 aliphatic rings. The molecule has 0 unspecified atom stereocenters. The summed E-state index contributed by atoms with van der Waals surface area (Å²) in [7, 11) is 0. The molecule has 0 saturated heterocycles. The van der Waals surface area contributed by atoms with E-state index in [1.165, 1.54) is 12.1 Å². The van der Waals surface area contributed by atoms with Crippen molar-refractivity contribution in [2.24, 2.45) is 0 Å². The van der Waals surface area contributed by atoms with Crippen LogP contribution < -0.4 is 10.4 Å². The zero-order valence-corrected chi connectivity index (χ0v) is 11.6. The number of nitrogens with one attached hydrogen (secondary N) is 1. The molecule has 0 aromatic heterocycles. The lowest BCUT2D eigenvalue weighted by Crippen LogP contribution is -2.23. The minimum atomic E-state index is -0.625. The van der Waals surface area contributed by atoms with Gasteiger partial charge in [-0.2, -0.15) is 0 Å². The van der Waals surface area contributed by atoms with Crippen LogP contribution in [0.2, 0.25) is 0 Å². The van der Waals surface area contributed by atoms with E-state index in [0.717, 1.165) is 24.3 Å². The number of hydrogen-bond donors (Lipinski definition) is 1. The second-order valence-electron chi connectivity index (χ2n) is 4.70. The second-order valence-corrected chi connectivity index (χ2v) is 4.70. The first kappa shape index (κ1) is 15.4. The molecule has 0 atom stereocenters. The lowest BCUT2D eigenvalue weighted by Gasteiger charge is -2.13. The van der Waals surface area contributed by atoms with Crippen LogP contribution in [0.4, 0.5) is 10.1 Å². The van der Waals surface area contributed by atoms with E-state index in [1.807, 2.05) is 0 Å². The van der Waals surface area contributed by atoms with E-state index in [0.29, 0.717) is 5.56 Å². The van der Waals surface area contributed by atoms with Crippen molar-refractivity contribution in [1.82, 2.24) is 5.32 Å². The maximum atomic E-state index is 13.4. The molecule has 0 aliphatic heterocycles. The Morgan fingerprint density at radius 1 is 1.27 bits per heavy atom. The first-order valence-electron chi connectivity index (χ1n) is 6.37. The SMILES string of the molecule is Cc1ccc(C(=O)NCc2cc([N+](=O)[O-])ccc2[O-])cc1F. The summed E-state index contributed by atoms with van der Waals surface area (Å²) in [6.45, 7) is 1.40. The van der Waals surface area contributed by atoms with Crippen LogP contribution in [0.15, 0.2) is 36.4 Å². The van der Waals surface area contributed by atoms with Crippen molar-refractivity contribution in [3.8, 4) is 5.75 Å². The topological polar surface area (TPSA) is 95.3 Å². The highest BCUT2D eigenvalue weighted by Gasteiger charge is 2.10. The third-order valence-electron chi connectivity index (χ3n) is 3.13. The van der Waals surface area contributed by atoms with Gasteiger partial charge in [0, 0.05) is 24.2 Å². The first-order valence-corrected chi connectivity index (χ1v) is 6.37. The highest BCUT2D eigenvalue weighted by atomic mass is 19.1. The summed E-state index contributed by atoms with van der Waals surface area (Å²) >= 11 is 0. The standard InChI is InChI=1S/C15H13FN2O4/c1-9-2-3-10(7-13(9)16)15(20)17-8-11-6-12(18(21)22)4-5-14(11)19/h2-7,19H,8H2,1H3,(H,17,20)/p-1. The first-order chi connectivity index (χ1) is 10.4. The number of hydrogen-bond acceptors (Lipinski definition) is 4. The normalized spacial score (nSPS) is 10.3. The summed E-state index contributed by atoms with van der Waals surface area (Å²) in [6, 6.07) is 7.30. The van der Waals surface area contributed by atoms with Crippen molar-refractivity contribution in [1.29, 1.82) is 0 Å². The predicted molar refractivity (Wildman–Crippen MR) is 74.8 cm³/mol. The number of aryl methyl sites for hydroxylation is 1. The van der Waals surface area contributed by atoms with E-state index in [-0.39, 0.29) is 23.4 Å². The zero-order chi connectivity index (χ0) is 16.3. The van der Waals surface area contributed by atoms with Gasteiger partial charge in [-0.15, -0.1) is 5.75 Å². The van der Waals surface area contributed by atoms with E-state index in [9.17, 15) is 24.4 Å². The summed E-state index contributed by atoms with van der Waals surface area (Å²) in [5.41, 5.74) is 0.387. The number of carbonyl (C=O) groups excluding carboxylic acids is 1. The molecule has 0 radical (unpaired) electrons. The zero-order valence-electron chi connectivity index (χ0n) is 11.6. The molecule has 1 N–H and O–H groups in total. The van der Waals surface area contributed by atoms with Crippen molar-refractivity contribution in [3.05, 3.63) is 69.0 Å². The van der Waals surface area contributed by atoms with Gasteiger partial charge in [0.2, 0.25) is 0 Å². The molecule has 2 aromatic rings. The van der Waals surface area contributed by atoms with Crippen LogP contribution in [-0.4, -0.2) is 10.8 Å². The Kier molecular flexibility index (Phi) is 4.36. The number of nitro benzene ring substituents is 1. The molecule has 22 heavy (non-hydrogen) atoms. The van der Waals surface area contributed by atoms with Gasteiger partial charge in [-0.25, -0.2) is 4.39 Å². The number of amides is 1. The minimum absolute atomic E-state index is 0.0927. The van der Waals surface area contributed by atoms with Gasteiger partial charge in [0.15, 0.2) is 0 Å². The van der Waals surface area contributed by atoms with Gasteiger partial charge in [-0.1, -0.05) is 12.1 Å². The number of nitro groups is 1. The van der Waals surface area contributed by atoms with Crippen LogP contribution in [0.3, 0.4) is 0 Å². The van der Waals surface area contributed by atoms with Gasteiger partial charge >= 0.3 is 0 Å². The number of rotatable bonds is 4. The van der Waals surface area contributed by atoms with Crippen LogP contribution in [-0.2, 0) is 6.54 Å². The largest absolute Gasteiger partial charge is 0.872 e. The molecule has 0 spiro atoms. The fourth-order valence-electron chi connectivity index (χ4n) is 1.83. The fourth-order valence-corrected chi connectivity index (χ4v) is 1.83. The van der Waals surface area contributed by atoms with Gasteiger partial charge in [-0.05, 0) is 30.2 Å². The molecule has 0 bridgehead atoms. The second kappa shape index (κ2) is 6.21. The number of nitrogens with zero attached hydrogens (tertiary/aromatic N) is 1. The lowest BCUT2D eigenvalue weighted by atomic mass is 10.1. The fraction of sp³-hybridized carbons (Fsp3) is 0.133. The average molecular weight is 303 g/mol. The summed E-state index contributed by atoms with van der Waals surface area (Å²) in [6.07, 6.45) is 0. The lowest BCUT2D eigenvalue weighted by molar-refractivity contribution is -0.385. The Hall–Kier alpha value is -2.96. The van der Waals surface area contributed by atoms with Crippen LogP contribution in [0, 0.1) is 22.9 Å². The molecule has 2 rings (SSSR count). The number of carbonyl (C=O) groups is 1. The molecule has 6 nitrogen and oxygen atoms in total. The summed E-state index contributed by atoms with van der Waals surface area (Å²) in [5.74, 6) is -1.49. The Bertz CT molecular complexity index is 746.